The molecule has 0 unspecified atom stereocenters. The summed E-state index contributed by atoms with van der Waals surface area (Å²) in [5.41, 5.74) is 4.26. The van der Waals surface area contributed by atoms with Gasteiger partial charge in [0.25, 0.3) is 0 Å². The van der Waals surface area contributed by atoms with Gasteiger partial charge in [0.15, 0.2) is 0 Å². The standard InChI is InChI=1S/C12H23N5/c1-7-13-11-9(4)12(16-17(5)6)15-10(14-11)8(2)3/h8H,7H2,1-6H3,(H2,13,14,15,16). The van der Waals surface area contributed by atoms with Gasteiger partial charge in [-0.1, -0.05) is 13.8 Å². The van der Waals surface area contributed by atoms with Crippen LogP contribution in [0, 0.1) is 6.92 Å². The first-order chi connectivity index (χ1) is 7.95. The number of nitrogens with zero attached hydrogens (tertiary/aromatic N) is 3. The quantitative estimate of drug-likeness (QED) is 0.769. The molecule has 0 aliphatic rings. The third-order valence-electron chi connectivity index (χ3n) is 2.35. The summed E-state index contributed by atoms with van der Waals surface area (Å²) >= 11 is 0. The minimum Gasteiger partial charge on any atom is -0.370 e. The highest BCUT2D eigenvalue weighted by atomic mass is 15.5. The molecular weight excluding hydrogens is 214 g/mol. The van der Waals surface area contributed by atoms with Crippen molar-refractivity contribution in [2.75, 3.05) is 31.4 Å². The predicted octanol–water partition coefficient (Wildman–Crippen LogP) is 2.23. The van der Waals surface area contributed by atoms with Crippen molar-refractivity contribution in [2.24, 2.45) is 0 Å². The van der Waals surface area contributed by atoms with Crippen LogP contribution in [0.2, 0.25) is 0 Å². The molecule has 0 aliphatic heterocycles. The summed E-state index contributed by atoms with van der Waals surface area (Å²) in [5, 5.41) is 5.16. The molecule has 0 aliphatic carbocycles. The summed E-state index contributed by atoms with van der Waals surface area (Å²) in [5.74, 6) is 2.95. The van der Waals surface area contributed by atoms with E-state index in [4.69, 9.17) is 0 Å². The molecule has 0 atom stereocenters. The predicted molar refractivity (Wildman–Crippen MR) is 72.3 cm³/mol. The summed E-state index contributed by atoms with van der Waals surface area (Å²) in [4.78, 5) is 9.10. The molecule has 0 saturated heterocycles. The second-order valence-corrected chi connectivity index (χ2v) is 4.60. The Morgan fingerprint density at radius 3 is 2.24 bits per heavy atom. The average molecular weight is 237 g/mol. The van der Waals surface area contributed by atoms with E-state index in [2.05, 4.69) is 41.5 Å². The van der Waals surface area contributed by atoms with Crippen LogP contribution in [0.15, 0.2) is 0 Å². The smallest absolute Gasteiger partial charge is 0.149 e. The van der Waals surface area contributed by atoms with Crippen LogP contribution in [-0.4, -0.2) is 35.6 Å². The Kier molecular flexibility index (Phi) is 4.69. The van der Waals surface area contributed by atoms with E-state index in [-0.39, 0.29) is 0 Å². The van der Waals surface area contributed by atoms with E-state index in [0.717, 1.165) is 29.6 Å². The second kappa shape index (κ2) is 5.82. The summed E-state index contributed by atoms with van der Waals surface area (Å²) in [6.45, 7) is 9.14. The molecule has 0 radical (unpaired) electrons. The van der Waals surface area contributed by atoms with Crippen molar-refractivity contribution < 1.29 is 0 Å². The number of hydrazine groups is 1. The van der Waals surface area contributed by atoms with Crippen LogP contribution in [0.25, 0.3) is 0 Å². The van der Waals surface area contributed by atoms with Crippen LogP contribution in [0.3, 0.4) is 0 Å². The Hall–Kier alpha value is -1.36. The lowest BCUT2D eigenvalue weighted by molar-refractivity contribution is 0.490. The summed E-state index contributed by atoms with van der Waals surface area (Å²) in [6.07, 6.45) is 0. The number of rotatable bonds is 5. The van der Waals surface area contributed by atoms with E-state index in [1.54, 1.807) is 0 Å². The monoisotopic (exact) mass is 237 g/mol. The van der Waals surface area contributed by atoms with Crippen molar-refractivity contribution in [1.82, 2.24) is 15.0 Å². The van der Waals surface area contributed by atoms with Gasteiger partial charge in [-0.05, 0) is 13.8 Å². The number of anilines is 2. The van der Waals surface area contributed by atoms with Gasteiger partial charge >= 0.3 is 0 Å². The summed E-state index contributed by atoms with van der Waals surface area (Å²) < 4.78 is 0. The van der Waals surface area contributed by atoms with E-state index in [1.165, 1.54) is 0 Å². The van der Waals surface area contributed by atoms with Gasteiger partial charge in [-0.2, -0.15) is 0 Å². The van der Waals surface area contributed by atoms with E-state index >= 15 is 0 Å². The summed E-state index contributed by atoms with van der Waals surface area (Å²) in [7, 11) is 3.90. The molecule has 0 fully saturated rings. The van der Waals surface area contributed by atoms with Crippen molar-refractivity contribution in [3.63, 3.8) is 0 Å². The maximum atomic E-state index is 4.55. The van der Waals surface area contributed by atoms with Crippen LogP contribution >= 0.6 is 0 Å². The van der Waals surface area contributed by atoms with E-state index in [0.29, 0.717) is 5.92 Å². The minimum atomic E-state index is 0.315. The van der Waals surface area contributed by atoms with Gasteiger partial charge < -0.3 is 10.7 Å². The Balaban J connectivity index is 3.17. The molecule has 2 N–H and O–H groups in total. The van der Waals surface area contributed by atoms with Gasteiger partial charge in [-0.3, -0.25) is 0 Å². The van der Waals surface area contributed by atoms with Crippen molar-refractivity contribution in [3.8, 4) is 0 Å². The Morgan fingerprint density at radius 1 is 1.18 bits per heavy atom. The first-order valence-corrected chi connectivity index (χ1v) is 6.02. The molecule has 5 heteroatoms. The maximum absolute atomic E-state index is 4.55. The average Bonchev–Trinajstić information content (AvgIpc) is 2.23. The highest BCUT2D eigenvalue weighted by Crippen LogP contribution is 2.23. The fourth-order valence-corrected chi connectivity index (χ4v) is 1.45. The molecule has 0 spiro atoms. The molecule has 5 nitrogen and oxygen atoms in total. The molecule has 17 heavy (non-hydrogen) atoms. The third-order valence-corrected chi connectivity index (χ3v) is 2.35. The van der Waals surface area contributed by atoms with Gasteiger partial charge in [-0.25, -0.2) is 15.0 Å². The Morgan fingerprint density at radius 2 is 1.76 bits per heavy atom. The molecule has 96 valence electrons. The fraction of sp³-hybridized carbons (Fsp3) is 0.667. The molecule has 0 saturated carbocycles. The topological polar surface area (TPSA) is 53.1 Å². The highest BCUT2D eigenvalue weighted by molar-refractivity contribution is 5.56. The van der Waals surface area contributed by atoms with Gasteiger partial charge in [0.2, 0.25) is 0 Å². The SMILES string of the molecule is CCNc1nc(C(C)C)nc(NN(C)C)c1C. The molecule has 0 bridgehead atoms. The summed E-state index contributed by atoms with van der Waals surface area (Å²) in [6, 6.07) is 0. The maximum Gasteiger partial charge on any atom is 0.149 e. The van der Waals surface area contributed by atoms with Crippen LogP contribution in [0.5, 0.6) is 0 Å². The zero-order valence-corrected chi connectivity index (χ0v) is 11.6. The Bertz CT molecular complexity index is 373. The molecular formula is C12H23N5. The minimum absolute atomic E-state index is 0.315. The first-order valence-electron chi connectivity index (χ1n) is 6.02. The van der Waals surface area contributed by atoms with E-state index in [1.807, 2.05) is 26.0 Å². The van der Waals surface area contributed by atoms with Crippen molar-refractivity contribution in [2.45, 2.75) is 33.6 Å². The van der Waals surface area contributed by atoms with Crippen LogP contribution in [0.4, 0.5) is 11.6 Å². The zero-order chi connectivity index (χ0) is 13.0. The molecule has 0 aromatic carbocycles. The molecule has 1 rings (SSSR count). The van der Waals surface area contributed by atoms with Crippen molar-refractivity contribution >= 4 is 11.6 Å². The van der Waals surface area contributed by atoms with Crippen LogP contribution < -0.4 is 10.7 Å². The normalized spacial score (nSPS) is 11.1. The van der Waals surface area contributed by atoms with Gasteiger partial charge in [0, 0.05) is 32.1 Å². The molecule has 1 aromatic heterocycles. The lowest BCUT2D eigenvalue weighted by Gasteiger charge is -2.18. The lowest BCUT2D eigenvalue weighted by Crippen LogP contribution is -2.22. The van der Waals surface area contributed by atoms with E-state index < -0.39 is 0 Å². The molecule has 1 aromatic rings. The molecule has 1 heterocycles. The third kappa shape index (κ3) is 3.56. The largest absolute Gasteiger partial charge is 0.370 e. The van der Waals surface area contributed by atoms with Crippen LogP contribution in [-0.2, 0) is 0 Å². The van der Waals surface area contributed by atoms with Crippen LogP contribution in [0.1, 0.15) is 38.1 Å². The van der Waals surface area contributed by atoms with Crippen molar-refractivity contribution in [1.29, 1.82) is 0 Å². The zero-order valence-electron chi connectivity index (χ0n) is 11.6. The highest BCUT2D eigenvalue weighted by Gasteiger charge is 2.12. The van der Waals surface area contributed by atoms with Gasteiger partial charge in [0.1, 0.15) is 17.5 Å². The Labute approximate surface area is 104 Å². The van der Waals surface area contributed by atoms with Crippen molar-refractivity contribution in [3.05, 3.63) is 11.4 Å². The van der Waals surface area contributed by atoms with Gasteiger partial charge in [-0.15, -0.1) is 0 Å². The first kappa shape index (κ1) is 13.7. The van der Waals surface area contributed by atoms with Gasteiger partial charge in [0.05, 0.1) is 0 Å². The number of hydrogen-bond donors (Lipinski definition) is 2. The number of nitrogens with one attached hydrogen (secondary N) is 2. The number of aromatic nitrogens is 2. The molecule has 0 amide bonds. The second-order valence-electron chi connectivity index (χ2n) is 4.60. The lowest BCUT2D eigenvalue weighted by atomic mass is 10.2. The van der Waals surface area contributed by atoms with E-state index in [9.17, 15) is 0 Å². The number of hydrogen-bond acceptors (Lipinski definition) is 5. The fourth-order valence-electron chi connectivity index (χ4n) is 1.45.